The quantitative estimate of drug-likeness (QED) is 0.624. The highest BCUT2D eigenvalue weighted by Gasteiger charge is 2.24. The summed E-state index contributed by atoms with van der Waals surface area (Å²) < 4.78 is 22.1. The van der Waals surface area contributed by atoms with E-state index in [1.165, 1.54) is 0 Å². The van der Waals surface area contributed by atoms with Gasteiger partial charge in [0.1, 0.15) is 12.4 Å². The number of fused-ring (bicyclic) bond motifs is 1. The fourth-order valence-corrected chi connectivity index (χ4v) is 3.51. The molecule has 0 N–H and O–H groups in total. The number of amides is 1. The Morgan fingerprint density at radius 2 is 1.93 bits per heavy atom. The van der Waals surface area contributed by atoms with Crippen LogP contribution < -0.4 is 19.1 Å². The van der Waals surface area contributed by atoms with E-state index < -0.39 is 0 Å². The van der Waals surface area contributed by atoms with E-state index >= 15 is 0 Å². The molecule has 0 bridgehead atoms. The third-order valence-electron chi connectivity index (χ3n) is 5.09. The second kappa shape index (κ2) is 9.65. The molecule has 2 aliphatic heterocycles. The van der Waals surface area contributed by atoms with Crippen molar-refractivity contribution in [3.05, 3.63) is 60.7 Å². The average molecular weight is 410 g/mol. The number of rotatable bonds is 8. The molecule has 0 spiro atoms. The number of carbonyl (C=O) groups is 1. The first-order valence-electron chi connectivity index (χ1n) is 10.1. The molecule has 0 aromatic heterocycles. The Morgan fingerprint density at radius 3 is 2.77 bits per heavy atom. The molecule has 158 valence electrons. The minimum atomic E-state index is 0.00860. The van der Waals surface area contributed by atoms with Crippen molar-refractivity contribution in [2.45, 2.75) is 6.54 Å². The van der Waals surface area contributed by atoms with Gasteiger partial charge in [0.25, 0.3) is 0 Å². The zero-order valence-electron chi connectivity index (χ0n) is 16.9. The molecule has 0 unspecified atom stereocenters. The first-order valence-corrected chi connectivity index (χ1v) is 10.1. The highest BCUT2D eigenvalue weighted by molar-refractivity contribution is 5.95. The number of morpholine rings is 1. The molecule has 0 radical (unpaired) electrons. The van der Waals surface area contributed by atoms with Crippen LogP contribution in [0.15, 0.2) is 55.1 Å². The molecule has 2 heterocycles. The predicted molar refractivity (Wildman–Crippen MR) is 113 cm³/mol. The number of hydrogen-bond acceptors (Lipinski definition) is 6. The third kappa shape index (κ3) is 4.75. The number of carbonyl (C=O) groups excluding carboxylic acids is 1. The monoisotopic (exact) mass is 410 g/mol. The molecule has 2 aromatic rings. The number of benzene rings is 2. The lowest BCUT2D eigenvalue weighted by Crippen LogP contribution is -2.44. The highest BCUT2D eigenvalue weighted by atomic mass is 16.7. The molecule has 0 aliphatic carbocycles. The molecule has 2 aromatic carbocycles. The van der Waals surface area contributed by atoms with Gasteiger partial charge in [-0.15, -0.1) is 0 Å². The van der Waals surface area contributed by atoms with Crippen LogP contribution in [0.25, 0.3) is 0 Å². The Bertz CT molecular complexity index is 895. The van der Waals surface area contributed by atoms with Crippen LogP contribution in [0.4, 0.5) is 5.69 Å². The van der Waals surface area contributed by atoms with E-state index in [4.69, 9.17) is 18.9 Å². The molecular formula is C23H26N2O5. The summed E-state index contributed by atoms with van der Waals surface area (Å²) >= 11 is 0. The van der Waals surface area contributed by atoms with Crippen molar-refractivity contribution >= 4 is 11.6 Å². The number of hydrogen-bond donors (Lipinski definition) is 0. The summed E-state index contributed by atoms with van der Waals surface area (Å²) in [6.45, 7) is 7.82. The summed E-state index contributed by atoms with van der Waals surface area (Å²) in [5.74, 6) is 2.08. The summed E-state index contributed by atoms with van der Waals surface area (Å²) in [6.07, 6.45) is 1.70. The molecular weight excluding hydrogens is 384 g/mol. The fourth-order valence-electron chi connectivity index (χ4n) is 3.51. The molecule has 1 fully saturated rings. The molecule has 2 aliphatic rings. The highest BCUT2D eigenvalue weighted by Crippen LogP contribution is 2.36. The van der Waals surface area contributed by atoms with Crippen molar-refractivity contribution in [1.29, 1.82) is 0 Å². The van der Waals surface area contributed by atoms with Gasteiger partial charge >= 0.3 is 0 Å². The first-order chi connectivity index (χ1) is 14.7. The van der Waals surface area contributed by atoms with E-state index in [2.05, 4.69) is 11.5 Å². The minimum Gasteiger partial charge on any atom is -0.489 e. The van der Waals surface area contributed by atoms with Gasteiger partial charge in [-0.25, -0.2) is 0 Å². The number of anilines is 1. The normalized spacial score (nSPS) is 15.6. The number of ether oxygens (including phenoxy) is 4. The molecule has 0 atom stereocenters. The summed E-state index contributed by atoms with van der Waals surface area (Å²) in [5, 5.41) is 0. The van der Waals surface area contributed by atoms with Crippen LogP contribution in [-0.4, -0.2) is 57.1 Å². The Balaban J connectivity index is 1.60. The van der Waals surface area contributed by atoms with Crippen LogP contribution in [0.3, 0.4) is 0 Å². The van der Waals surface area contributed by atoms with Crippen LogP contribution in [0.2, 0.25) is 0 Å². The van der Waals surface area contributed by atoms with E-state index in [1.54, 1.807) is 11.0 Å². The van der Waals surface area contributed by atoms with Crippen molar-refractivity contribution in [2.24, 2.45) is 0 Å². The second-order valence-corrected chi connectivity index (χ2v) is 7.11. The van der Waals surface area contributed by atoms with Gasteiger partial charge in [-0.2, -0.15) is 0 Å². The standard InChI is InChI=1S/C23H26N2O5/c1-2-11-28-20-6-4-3-5-18(20)15-25(23(26)16-24-9-12-27-13-10-24)19-7-8-21-22(14-19)30-17-29-21/h2-8,14H,1,9-13,15-17H2. The SMILES string of the molecule is C=CCOc1ccccc1CN(C(=O)CN1CCOCC1)c1ccc2c(c1)OCO2. The average Bonchev–Trinajstić information content (AvgIpc) is 3.25. The summed E-state index contributed by atoms with van der Waals surface area (Å²) in [4.78, 5) is 17.2. The second-order valence-electron chi connectivity index (χ2n) is 7.11. The van der Waals surface area contributed by atoms with Crippen LogP contribution in [0.5, 0.6) is 17.2 Å². The zero-order chi connectivity index (χ0) is 20.8. The molecule has 7 nitrogen and oxygen atoms in total. The van der Waals surface area contributed by atoms with Gasteiger partial charge < -0.3 is 23.8 Å². The molecule has 7 heteroatoms. The Morgan fingerprint density at radius 1 is 1.13 bits per heavy atom. The zero-order valence-corrected chi connectivity index (χ0v) is 16.9. The van der Waals surface area contributed by atoms with Crippen LogP contribution in [0, 0.1) is 0 Å². The van der Waals surface area contributed by atoms with Crippen molar-refractivity contribution in [1.82, 2.24) is 4.90 Å². The summed E-state index contributed by atoms with van der Waals surface area (Å²) in [7, 11) is 0. The largest absolute Gasteiger partial charge is 0.489 e. The van der Waals surface area contributed by atoms with Gasteiger partial charge in [0.15, 0.2) is 11.5 Å². The predicted octanol–water partition coefficient (Wildman–Crippen LogP) is 2.85. The molecule has 1 amide bonds. The minimum absolute atomic E-state index is 0.00860. The lowest BCUT2D eigenvalue weighted by Gasteiger charge is -2.30. The van der Waals surface area contributed by atoms with Gasteiger partial charge in [0.05, 0.1) is 26.3 Å². The van der Waals surface area contributed by atoms with E-state index in [0.717, 1.165) is 30.1 Å². The first kappa shape index (κ1) is 20.3. The number of para-hydroxylation sites is 1. The lowest BCUT2D eigenvalue weighted by atomic mass is 10.1. The molecule has 0 saturated carbocycles. The topological polar surface area (TPSA) is 60.5 Å². The van der Waals surface area contributed by atoms with E-state index in [-0.39, 0.29) is 12.7 Å². The van der Waals surface area contributed by atoms with Gasteiger partial charge in [-0.05, 0) is 18.2 Å². The van der Waals surface area contributed by atoms with Gasteiger partial charge in [0, 0.05) is 30.4 Å². The third-order valence-corrected chi connectivity index (χ3v) is 5.09. The van der Waals surface area contributed by atoms with Crippen molar-refractivity contribution in [2.75, 3.05) is 51.1 Å². The maximum absolute atomic E-state index is 13.4. The van der Waals surface area contributed by atoms with Gasteiger partial charge in [0.2, 0.25) is 12.7 Å². The Labute approximate surface area is 176 Å². The summed E-state index contributed by atoms with van der Waals surface area (Å²) in [5.41, 5.74) is 1.68. The molecule has 30 heavy (non-hydrogen) atoms. The van der Waals surface area contributed by atoms with Gasteiger partial charge in [-0.1, -0.05) is 30.9 Å². The lowest BCUT2D eigenvalue weighted by molar-refractivity contribution is -0.120. The maximum atomic E-state index is 13.4. The van der Waals surface area contributed by atoms with Gasteiger partial charge in [-0.3, -0.25) is 9.69 Å². The fraction of sp³-hybridized carbons (Fsp3) is 0.348. The van der Waals surface area contributed by atoms with Crippen LogP contribution in [-0.2, 0) is 16.1 Å². The smallest absolute Gasteiger partial charge is 0.241 e. The van der Waals surface area contributed by atoms with E-state index in [1.807, 2.05) is 42.5 Å². The van der Waals surface area contributed by atoms with Crippen molar-refractivity contribution in [3.63, 3.8) is 0 Å². The van der Waals surface area contributed by atoms with Crippen LogP contribution in [0.1, 0.15) is 5.56 Å². The van der Waals surface area contributed by atoms with Crippen molar-refractivity contribution < 1.29 is 23.7 Å². The van der Waals surface area contributed by atoms with E-state index in [9.17, 15) is 4.79 Å². The maximum Gasteiger partial charge on any atom is 0.241 e. The van der Waals surface area contributed by atoms with E-state index in [0.29, 0.717) is 44.4 Å². The molecule has 1 saturated heterocycles. The number of nitrogens with zero attached hydrogens (tertiary/aromatic N) is 2. The Kier molecular flexibility index (Phi) is 6.51. The van der Waals surface area contributed by atoms with Crippen molar-refractivity contribution in [3.8, 4) is 17.2 Å². The summed E-state index contributed by atoms with van der Waals surface area (Å²) in [6, 6.07) is 13.3. The molecule has 4 rings (SSSR count). The van der Waals surface area contributed by atoms with Crippen LogP contribution >= 0.6 is 0 Å². The Hall–Kier alpha value is -3.03.